The van der Waals surface area contributed by atoms with Crippen LogP contribution in [0.5, 0.6) is 0 Å². The third-order valence-corrected chi connectivity index (χ3v) is 4.32. The largest absolute Gasteiger partial charge is 0.392 e. The SMILES string of the molecule is CC(C)C(CN)C(O)C1CCCC1(C)C. The summed E-state index contributed by atoms with van der Waals surface area (Å²) in [7, 11) is 0. The first-order valence-electron chi connectivity index (χ1n) is 6.28. The van der Waals surface area contributed by atoms with Gasteiger partial charge in [0.05, 0.1) is 6.10 Å². The van der Waals surface area contributed by atoms with Gasteiger partial charge >= 0.3 is 0 Å². The average molecular weight is 213 g/mol. The van der Waals surface area contributed by atoms with Gasteiger partial charge < -0.3 is 10.8 Å². The summed E-state index contributed by atoms with van der Waals surface area (Å²) >= 11 is 0. The van der Waals surface area contributed by atoms with Crippen molar-refractivity contribution in [3.8, 4) is 0 Å². The number of nitrogens with two attached hydrogens (primary N) is 1. The van der Waals surface area contributed by atoms with Crippen LogP contribution in [-0.2, 0) is 0 Å². The van der Waals surface area contributed by atoms with Gasteiger partial charge in [-0.2, -0.15) is 0 Å². The third-order valence-electron chi connectivity index (χ3n) is 4.32. The van der Waals surface area contributed by atoms with Crippen molar-refractivity contribution in [1.29, 1.82) is 0 Å². The normalized spacial score (nSPS) is 29.4. The maximum absolute atomic E-state index is 10.4. The van der Waals surface area contributed by atoms with Crippen molar-refractivity contribution in [2.45, 2.75) is 53.1 Å². The lowest BCUT2D eigenvalue weighted by Crippen LogP contribution is -2.41. The van der Waals surface area contributed by atoms with E-state index in [-0.39, 0.29) is 12.0 Å². The van der Waals surface area contributed by atoms with E-state index in [4.69, 9.17) is 5.73 Å². The molecule has 0 radical (unpaired) electrons. The molecule has 0 bridgehead atoms. The molecule has 0 aromatic heterocycles. The van der Waals surface area contributed by atoms with E-state index in [1.54, 1.807) is 0 Å². The molecule has 3 atom stereocenters. The molecule has 3 N–H and O–H groups in total. The molecule has 0 amide bonds. The molecule has 0 spiro atoms. The fourth-order valence-corrected chi connectivity index (χ4v) is 3.09. The molecule has 1 aliphatic carbocycles. The van der Waals surface area contributed by atoms with Crippen LogP contribution in [0.3, 0.4) is 0 Å². The van der Waals surface area contributed by atoms with Crippen LogP contribution in [-0.4, -0.2) is 17.8 Å². The number of rotatable bonds is 4. The third kappa shape index (κ3) is 2.73. The molecule has 0 aromatic carbocycles. The van der Waals surface area contributed by atoms with E-state index in [0.29, 0.717) is 23.8 Å². The van der Waals surface area contributed by atoms with Crippen molar-refractivity contribution in [2.24, 2.45) is 28.9 Å². The van der Waals surface area contributed by atoms with Crippen molar-refractivity contribution in [3.63, 3.8) is 0 Å². The minimum absolute atomic E-state index is 0.215. The van der Waals surface area contributed by atoms with Crippen LogP contribution in [0.1, 0.15) is 47.0 Å². The molecule has 1 fully saturated rings. The molecule has 90 valence electrons. The molecule has 1 aliphatic rings. The summed E-state index contributed by atoms with van der Waals surface area (Å²) in [5.74, 6) is 1.17. The summed E-state index contributed by atoms with van der Waals surface area (Å²) in [5.41, 5.74) is 6.06. The topological polar surface area (TPSA) is 46.2 Å². The molecule has 0 aromatic rings. The summed E-state index contributed by atoms with van der Waals surface area (Å²) in [6.07, 6.45) is 3.44. The Balaban J connectivity index is 2.70. The summed E-state index contributed by atoms with van der Waals surface area (Å²) in [6, 6.07) is 0. The van der Waals surface area contributed by atoms with Gasteiger partial charge in [0.2, 0.25) is 0 Å². The van der Waals surface area contributed by atoms with Gasteiger partial charge in [-0.25, -0.2) is 0 Å². The molecule has 0 saturated heterocycles. The molecule has 2 nitrogen and oxygen atoms in total. The molecule has 15 heavy (non-hydrogen) atoms. The summed E-state index contributed by atoms with van der Waals surface area (Å²) in [4.78, 5) is 0. The van der Waals surface area contributed by atoms with Crippen LogP contribution in [0.25, 0.3) is 0 Å². The fourth-order valence-electron chi connectivity index (χ4n) is 3.09. The zero-order valence-corrected chi connectivity index (χ0v) is 10.7. The van der Waals surface area contributed by atoms with Crippen molar-refractivity contribution in [3.05, 3.63) is 0 Å². The van der Waals surface area contributed by atoms with E-state index in [9.17, 15) is 5.11 Å². The Kier molecular flexibility index (Phi) is 4.19. The molecule has 2 heteroatoms. The van der Waals surface area contributed by atoms with Gasteiger partial charge in [0.25, 0.3) is 0 Å². The minimum atomic E-state index is -0.215. The molecular weight excluding hydrogens is 186 g/mol. The second-order valence-corrected chi connectivity index (χ2v) is 6.12. The number of aliphatic hydroxyl groups is 1. The highest BCUT2D eigenvalue weighted by atomic mass is 16.3. The predicted molar refractivity (Wildman–Crippen MR) is 64.5 cm³/mol. The lowest BCUT2D eigenvalue weighted by Gasteiger charge is -2.36. The summed E-state index contributed by atoms with van der Waals surface area (Å²) in [5, 5.41) is 10.4. The van der Waals surface area contributed by atoms with Crippen LogP contribution in [0.2, 0.25) is 0 Å². The Hall–Kier alpha value is -0.0800. The van der Waals surface area contributed by atoms with Gasteiger partial charge in [-0.1, -0.05) is 34.1 Å². The smallest absolute Gasteiger partial charge is 0.0616 e. The zero-order chi connectivity index (χ0) is 11.6. The van der Waals surface area contributed by atoms with Gasteiger partial charge in [-0.05, 0) is 42.6 Å². The summed E-state index contributed by atoms with van der Waals surface area (Å²) < 4.78 is 0. The molecule has 0 aliphatic heterocycles. The first-order chi connectivity index (χ1) is 6.90. The monoisotopic (exact) mass is 213 g/mol. The van der Waals surface area contributed by atoms with Crippen LogP contribution < -0.4 is 5.73 Å². The Morgan fingerprint density at radius 2 is 2.00 bits per heavy atom. The van der Waals surface area contributed by atoms with Gasteiger partial charge in [-0.3, -0.25) is 0 Å². The van der Waals surface area contributed by atoms with Crippen LogP contribution in [0, 0.1) is 23.2 Å². The average Bonchev–Trinajstić information content (AvgIpc) is 2.45. The maximum atomic E-state index is 10.4. The van der Waals surface area contributed by atoms with E-state index in [1.807, 2.05) is 0 Å². The molecule has 0 heterocycles. The van der Waals surface area contributed by atoms with E-state index in [2.05, 4.69) is 27.7 Å². The lowest BCUT2D eigenvalue weighted by atomic mass is 9.73. The highest BCUT2D eigenvalue weighted by Crippen LogP contribution is 2.46. The van der Waals surface area contributed by atoms with E-state index < -0.39 is 0 Å². The Labute approximate surface area is 94.2 Å². The van der Waals surface area contributed by atoms with E-state index >= 15 is 0 Å². The van der Waals surface area contributed by atoms with Gasteiger partial charge in [0.15, 0.2) is 0 Å². The Morgan fingerprint density at radius 1 is 1.40 bits per heavy atom. The second kappa shape index (κ2) is 4.84. The van der Waals surface area contributed by atoms with Gasteiger partial charge in [0, 0.05) is 0 Å². The lowest BCUT2D eigenvalue weighted by molar-refractivity contribution is -0.00350. The standard InChI is InChI=1S/C13H27NO/c1-9(2)10(8-14)12(15)11-6-5-7-13(11,3)4/h9-12,15H,5-8,14H2,1-4H3. The highest BCUT2D eigenvalue weighted by Gasteiger charge is 2.41. The molecule has 1 rings (SSSR count). The first-order valence-corrected chi connectivity index (χ1v) is 6.28. The van der Waals surface area contributed by atoms with Gasteiger partial charge in [0.1, 0.15) is 0 Å². The van der Waals surface area contributed by atoms with E-state index in [1.165, 1.54) is 12.8 Å². The zero-order valence-electron chi connectivity index (χ0n) is 10.7. The van der Waals surface area contributed by atoms with Crippen LogP contribution in [0.4, 0.5) is 0 Å². The van der Waals surface area contributed by atoms with Crippen molar-refractivity contribution in [1.82, 2.24) is 0 Å². The molecular formula is C13H27NO. The first kappa shape index (κ1) is 13.0. The van der Waals surface area contributed by atoms with Crippen molar-refractivity contribution >= 4 is 0 Å². The fraction of sp³-hybridized carbons (Fsp3) is 1.00. The number of hydrogen-bond donors (Lipinski definition) is 2. The Bertz CT molecular complexity index is 201. The predicted octanol–water partition coefficient (Wildman–Crippen LogP) is 2.40. The Morgan fingerprint density at radius 3 is 2.33 bits per heavy atom. The molecule has 3 unspecified atom stereocenters. The van der Waals surface area contributed by atoms with E-state index in [0.717, 1.165) is 6.42 Å². The number of hydrogen-bond acceptors (Lipinski definition) is 2. The number of aliphatic hydroxyl groups excluding tert-OH is 1. The van der Waals surface area contributed by atoms with Crippen molar-refractivity contribution in [2.75, 3.05) is 6.54 Å². The maximum Gasteiger partial charge on any atom is 0.0616 e. The highest BCUT2D eigenvalue weighted by molar-refractivity contribution is 4.92. The van der Waals surface area contributed by atoms with Gasteiger partial charge in [-0.15, -0.1) is 0 Å². The van der Waals surface area contributed by atoms with Crippen LogP contribution >= 0.6 is 0 Å². The van der Waals surface area contributed by atoms with Crippen LogP contribution in [0.15, 0.2) is 0 Å². The van der Waals surface area contributed by atoms with Crippen molar-refractivity contribution < 1.29 is 5.11 Å². The second-order valence-electron chi connectivity index (χ2n) is 6.12. The quantitative estimate of drug-likeness (QED) is 0.753. The molecule has 1 saturated carbocycles. The minimum Gasteiger partial charge on any atom is -0.392 e. The summed E-state index contributed by atoms with van der Waals surface area (Å²) in [6.45, 7) is 9.47.